The van der Waals surface area contributed by atoms with Gasteiger partial charge < -0.3 is 5.32 Å². The minimum Gasteiger partial charge on any atom is -0.330 e. The Balaban J connectivity index is 2.36. The first-order valence-corrected chi connectivity index (χ1v) is 6.38. The van der Waals surface area contributed by atoms with E-state index in [1.54, 1.807) is 0 Å². The van der Waals surface area contributed by atoms with E-state index in [0.29, 0.717) is 9.05 Å². The molecule has 0 radical (unpaired) electrons. The monoisotopic (exact) mass is 348 g/mol. The fraction of sp³-hybridized carbons (Fsp3) is 0.100. The molecule has 1 N–H and O–H groups in total. The molecule has 0 aliphatic heterocycles. The second-order valence-electron chi connectivity index (χ2n) is 3.36. The topological polar surface area (TPSA) is 61.6 Å². The minimum absolute atomic E-state index is 0.190. The van der Waals surface area contributed by atoms with Crippen LogP contribution in [0.15, 0.2) is 22.1 Å². The number of anilines is 2. The third kappa shape index (κ3) is 3.21. The van der Waals surface area contributed by atoms with Crippen LogP contribution in [0, 0.1) is 11.3 Å². The Morgan fingerprint density at radius 2 is 2.05 bits per heavy atom. The van der Waals surface area contributed by atoms with Crippen LogP contribution < -0.4 is 5.32 Å². The molecule has 2 aromatic rings. The van der Waals surface area contributed by atoms with E-state index in [4.69, 9.17) is 5.26 Å². The Hall–Kier alpha value is -1.66. The van der Waals surface area contributed by atoms with Gasteiger partial charge in [-0.25, -0.2) is 0 Å². The Kier molecular flexibility index (Phi) is 3.73. The molecule has 0 fully saturated rings. The van der Waals surface area contributed by atoms with Crippen molar-refractivity contribution in [1.82, 2.24) is 10.2 Å². The number of nitriles is 1. The molecule has 98 valence electrons. The summed E-state index contributed by atoms with van der Waals surface area (Å²) in [5, 5.41) is 19.1. The number of nitrogens with one attached hydrogen (secondary N) is 1. The summed E-state index contributed by atoms with van der Waals surface area (Å²) in [6.07, 6.45) is -4.58. The van der Waals surface area contributed by atoms with Crippen LogP contribution in [0.1, 0.15) is 11.1 Å². The third-order valence-electron chi connectivity index (χ3n) is 2.10. The van der Waals surface area contributed by atoms with Crippen molar-refractivity contribution in [3.63, 3.8) is 0 Å². The van der Waals surface area contributed by atoms with Crippen molar-refractivity contribution < 1.29 is 13.2 Å². The number of halogens is 4. The molecule has 2 rings (SSSR count). The largest absolute Gasteiger partial charge is 0.417 e. The number of aromatic nitrogens is 2. The maximum atomic E-state index is 12.7. The zero-order valence-electron chi connectivity index (χ0n) is 8.99. The number of nitrogens with zero attached hydrogens (tertiary/aromatic N) is 3. The summed E-state index contributed by atoms with van der Waals surface area (Å²) in [4.78, 5) is 0. The number of hydrogen-bond donors (Lipinski definition) is 1. The van der Waals surface area contributed by atoms with Gasteiger partial charge in [0.1, 0.15) is 0 Å². The van der Waals surface area contributed by atoms with Crippen LogP contribution in [0.3, 0.4) is 0 Å². The highest BCUT2D eigenvalue weighted by Crippen LogP contribution is 2.34. The lowest BCUT2D eigenvalue weighted by atomic mass is 10.1. The molecule has 4 nitrogen and oxygen atoms in total. The van der Waals surface area contributed by atoms with Gasteiger partial charge in [0.15, 0.2) is 3.92 Å². The quantitative estimate of drug-likeness (QED) is 0.892. The van der Waals surface area contributed by atoms with Crippen molar-refractivity contribution in [3.8, 4) is 6.07 Å². The number of alkyl halides is 3. The van der Waals surface area contributed by atoms with Crippen LogP contribution >= 0.6 is 27.3 Å². The predicted molar refractivity (Wildman–Crippen MR) is 67.1 cm³/mol. The normalized spacial score (nSPS) is 11.1. The molecule has 0 spiro atoms. The fourth-order valence-electron chi connectivity index (χ4n) is 1.33. The standard InChI is InChI=1S/C10H4BrF3N4S/c11-8-17-18-9(19-8)16-6-2-1-5(4-15)7(3-6)10(12,13)14/h1-3H,(H,16,18). The molecule has 0 bridgehead atoms. The summed E-state index contributed by atoms with van der Waals surface area (Å²) in [7, 11) is 0. The van der Waals surface area contributed by atoms with Gasteiger partial charge in [0.2, 0.25) is 5.13 Å². The Morgan fingerprint density at radius 1 is 1.32 bits per heavy atom. The zero-order valence-corrected chi connectivity index (χ0v) is 11.4. The highest BCUT2D eigenvalue weighted by molar-refractivity contribution is 9.11. The predicted octanol–water partition coefficient (Wildman–Crippen LogP) is 3.93. The van der Waals surface area contributed by atoms with Gasteiger partial charge in [-0.1, -0.05) is 11.3 Å². The summed E-state index contributed by atoms with van der Waals surface area (Å²) in [6, 6.07) is 4.88. The molecular weight excluding hydrogens is 345 g/mol. The van der Waals surface area contributed by atoms with Gasteiger partial charge in [-0.2, -0.15) is 18.4 Å². The summed E-state index contributed by atoms with van der Waals surface area (Å²) in [5.41, 5.74) is -1.21. The van der Waals surface area contributed by atoms with Crippen molar-refractivity contribution in [2.24, 2.45) is 0 Å². The van der Waals surface area contributed by atoms with E-state index >= 15 is 0 Å². The fourth-order valence-corrected chi connectivity index (χ4v) is 2.36. The molecule has 1 aromatic heterocycles. The molecule has 1 heterocycles. The number of benzene rings is 1. The molecule has 0 aliphatic rings. The molecule has 0 amide bonds. The number of rotatable bonds is 2. The van der Waals surface area contributed by atoms with Crippen LogP contribution in [-0.4, -0.2) is 10.2 Å². The van der Waals surface area contributed by atoms with Gasteiger partial charge in [-0.15, -0.1) is 10.2 Å². The van der Waals surface area contributed by atoms with Gasteiger partial charge in [-0.05, 0) is 34.1 Å². The summed E-state index contributed by atoms with van der Waals surface area (Å²) in [5.74, 6) is 0. The molecule has 0 saturated heterocycles. The average Bonchev–Trinajstić information content (AvgIpc) is 2.73. The first kappa shape index (κ1) is 13.8. The van der Waals surface area contributed by atoms with Gasteiger partial charge in [0, 0.05) is 5.69 Å². The zero-order chi connectivity index (χ0) is 14.0. The second kappa shape index (κ2) is 5.14. The lowest BCUT2D eigenvalue weighted by molar-refractivity contribution is -0.137. The summed E-state index contributed by atoms with van der Waals surface area (Å²) >= 11 is 4.24. The van der Waals surface area contributed by atoms with E-state index in [-0.39, 0.29) is 5.69 Å². The molecule has 0 aliphatic carbocycles. The van der Waals surface area contributed by atoms with Crippen molar-refractivity contribution in [2.75, 3.05) is 5.32 Å². The Labute approximate surface area is 118 Å². The SMILES string of the molecule is N#Cc1ccc(Nc2nnc(Br)s2)cc1C(F)(F)F. The minimum atomic E-state index is -4.58. The molecule has 1 aromatic carbocycles. The van der Waals surface area contributed by atoms with E-state index in [1.807, 2.05) is 0 Å². The average molecular weight is 349 g/mol. The van der Waals surface area contributed by atoms with Crippen LogP contribution in [0.25, 0.3) is 0 Å². The first-order valence-electron chi connectivity index (χ1n) is 4.77. The molecule has 0 atom stereocenters. The van der Waals surface area contributed by atoms with Crippen molar-refractivity contribution in [2.45, 2.75) is 6.18 Å². The molecule has 0 unspecified atom stereocenters. The van der Waals surface area contributed by atoms with E-state index in [9.17, 15) is 13.2 Å². The third-order valence-corrected chi connectivity index (χ3v) is 3.37. The van der Waals surface area contributed by atoms with E-state index < -0.39 is 17.3 Å². The summed E-state index contributed by atoms with van der Waals surface area (Å²) in [6.45, 7) is 0. The highest BCUT2D eigenvalue weighted by Gasteiger charge is 2.33. The smallest absolute Gasteiger partial charge is 0.330 e. The second-order valence-corrected chi connectivity index (χ2v) is 5.61. The van der Waals surface area contributed by atoms with Gasteiger partial charge in [-0.3, -0.25) is 0 Å². The maximum absolute atomic E-state index is 12.7. The molecule has 9 heteroatoms. The lowest BCUT2D eigenvalue weighted by Gasteiger charge is -2.10. The van der Waals surface area contributed by atoms with Crippen molar-refractivity contribution in [3.05, 3.63) is 33.2 Å². The molecule has 0 saturated carbocycles. The highest BCUT2D eigenvalue weighted by atomic mass is 79.9. The number of hydrogen-bond acceptors (Lipinski definition) is 5. The first-order chi connectivity index (χ1) is 8.90. The lowest BCUT2D eigenvalue weighted by Crippen LogP contribution is -2.08. The molecular formula is C10H4BrF3N4S. The Morgan fingerprint density at radius 3 is 2.58 bits per heavy atom. The maximum Gasteiger partial charge on any atom is 0.417 e. The van der Waals surface area contributed by atoms with Gasteiger partial charge in [0.25, 0.3) is 0 Å². The van der Waals surface area contributed by atoms with Crippen LogP contribution in [-0.2, 0) is 6.18 Å². The van der Waals surface area contributed by atoms with Crippen LogP contribution in [0.2, 0.25) is 0 Å². The van der Waals surface area contributed by atoms with Crippen molar-refractivity contribution in [1.29, 1.82) is 5.26 Å². The van der Waals surface area contributed by atoms with E-state index in [0.717, 1.165) is 23.5 Å². The van der Waals surface area contributed by atoms with Crippen LogP contribution in [0.5, 0.6) is 0 Å². The van der Waals surface area contributed by atoms with Crippen LogP contribution in [0.4, 0.5) is 24.0 Å². The Bertz CT molecular complexity index is 647. The van der Waals surface area contributed by atoms with E-state index in [2.05, 4.69) is 31.4 Å². The van der Waals surface area contributed by atoms with E-state index in [1.165, 1.54) is 12.1 Å². The molecule has 19 heavy (non-hydrogen) atoms. The van der Waals surface area contributed by atoms with Gasteiger partial charge in [0.05, 0.1) is 17.2 Å². The van der Waals surface area contributed by atoms with Gasteiger partial charge >= 0.3 is 6.18 Å². The van der Waals surface area contributed by atoms with Crippen molar-refractivity contribution >= 4 is 38.1 Å². The summed E-state index contributed by atoms with van der Waals surface area (Å²) < 4.78 is 38.8.